The van der Waals surface area contributed by atoms with Gasteiger partial charge in [0.05, 0.1) is 0 Å². The minimum absolute atomic E-state index is 0.235. The van der Waals surface area contributed by atoms with Gasteiger partial charge in [-0.3, -0.25) is 0 Å². The molecule has 0 radical (unpaired) electrons. The van der Waals surface area contributed by atoms with Gasteiger partial charge < -0.3 is 5.73 Å². The standard InChI is InChI=1S/C13H16F3N/c14-10-7-12(16)11(15)6-9(10)13(8-17)4-2-1-3-5-13/h6-7H,1-5,8,17H2. The highest BCUT2D eigenvalue weighted by Gasteiger charge is 2.35. The lowest BCUT2D eigenvalue weighted by Crippen LogP contribution is -2.38. The van der Waals surface area contributed by atoms with Crippen LogP contribution in [0.3, 0.4) is 0 Å². The van der Waals surface area contributed by atoms with Crippen molar-refractivity contribution in [3.63, 3.8) is 0 Å². The van der Waals surface area contributed by atoms with Gasteiger partial charge in [0.2, 0.25) is 0 Å². The zero-order chi connectivity index (χ0) is 12.5. The van der Waals surface area contributed by atoms with Crippen molar-refractivity contribution in [2.24, 2.45) is 5.73 Å². The third kappa shape index (κ3) is 2.18. The monoisotopic (exact) mass is 243 g/mol. The van der Waals surface area contributed by atoms with Crippen molar-refractivity contribution in [3.8, 4) is 0 Å². The maximum atomic E-state index is 13.8. The van der Waals surface area contributed by atoms with Gasteiger partial charge in [-0.25, -0.2) is 13.2 Å². The number of nitrogens with two attached hydrogens (primary N) is 1. The maximum absolute atomic E-state index is 13.8. The molecule has 0 aromatic heterocycles. The molecule has 1 aromatic carbocycles. The molecular formula is C13H16F3N. The van der Waals surface area contributed by atoms with Crippen molar-refractivity contribution in [1.29, 1.82) is 0 Å². The molecular weight excluding hydrogens is 227 g/mol. The Bertz CT molecular complexity index is 411. The second kappa shape index (κ2) is 4.69. The molecule has 1 aromatic rings. The molecule has 0 bridgehead atoms. The summed E-state index contributed by atoms with van der Waals surface area (Å²) in [6.45, 7) is 0.273. The molecule has 1 saturated carbocycles. The first-order valence-corrected chi connectivity index (χ1v) is 5.94. The van der Waals surface area contributed by atoms with Crippen LogP contribution in [-0.4, -0.2) is 6.54 Å². The van der Waals surface area contributed by atoms with Gasteiger partial charge in [-0.2, -0.15) is 0 Å². The summed E-state index contributed by atoms with van der Waals surface area (Å²) in [6, 6.07) is 1.60. The Morgan fingerprint density at radius 2 is 1.53 bits per heavy atom. The van der Waals surface area contributed by atoms with Crippen molar-refractivity contribution < 1.29 is 13.2 Å². The van der Waals surface area contributed by atoms with Crippen LogP contribution in [-0.2, 0) is 5.41 Å². The normalized spacial score (nSPS) is 19.3. The van der Waals surface area contributed by atoms with Crippen LogP contribution < -0.4 is 5.73 Å². The topological polar surface area (TPSA) is 26.0 Å². The van der Waals surface area contributed by atoms with E-state index in [0.29, 0.717) is 6.07 Å². The Labute approximate surface area is 98.8 Å². The van der Waals surface area contributed by atoms with E-state index in [2.05, 4.69) is 0 Å². The van der Waals surface area contributed by atoms with Crippen LogP contribution in [0.15, 0.2) is 12.1 Å². The van der Waals surface area contributed by atoms with Gasteiger partial charge in [0.1, 0.15) is 5.82 Å². The average Bonchev–Trinajstić information content (AvgIpc) is 2.34. The van der Waals surface area contributed by atoms with Crippen LogP contribution in [0.4, 0.5) is 13.2 Å². The van der Waals surface area contributed by atoms with Crippen LogP contribution in [0, 0.1) is 17.5 Å². The van der Waals surface area contributed by atoms with E-state index in [0.717, 1.165) is 38.2 Å². The summed E-state index contributed by atoms with van der Waals surface area (Å²) in [4.78, 5) is 0. The Balaban J connectivity index is 2.46. The molecule has 17 heavy (non-hydrogen) atoms. The largest absolute Gasteiger partial charge is 0.330 e. The smallest absolute Gasteiger partial charge is 0.161 e. The number of benzene rings is 1. The second-order valence-electron chi connectivity index (χ2n) is 4.79. The van der Waals surface area contributed by atoms with Gasteiger partial charge in [-0.1, -0.05) is 19.3 Å². The van der Waals surface area contributed by atoms with Crippen LogP contribution in [0.2, 0.25) is 0 Å². The molecule has 0 spiro atoms. The quantitative estimate of drug-likeness (QED) is 0.793. The Morgan fingerprint density at radius 1 is 0.941 bits per heavy atom. The molecule has 2 N–H and O–H groups in total. The van der Waals surface area contributed by atoms with Crippen molar-refractivity contribution in [2.45, 2.75) is 37.5 Å². The zero-order valence-corrected chi connectivity index (χ0v) is 9.61. The molecule has 0 heterocycles. The van der Waals surface area contributed by atoms with Crippen LogP contribution >= 0.6 is 0 Å². The predicted molar refractivity (Wildman–Crippen MR) is 60.1 cm³/mol. The third-order valence-electron chi connectivity index (χ3n) is 3.78. The minimum Gasteiger partial charge on any atom is -0.330 e. The van der Waals surface area contributed by atoms with Gasteiger partial charge in [-0.05, 0) is 24.5 Å². The first-order valence-electron chi connectivity index (χ1n) is 5.94. The van der Waals surface area contributed by atoms with Crippen molar-refractivity contribution in [1.82, 2.24) is 0 Å². The highest BCUT2D eigenvalue weighted by molar-refractivity contribution is 5.29. The minimum atomic E-state index is -1.14. The molecule has 94 valence electrons. The van der Waals surface area contributed by atoms with Crippen LogP contribution in [0.1, 0.15) is 37.7 Å². The molecule has 0 amide bonds. The lowest BCUT2D eigenvalue weighted by atomic mass is 9.69. The van der Waals surface area contributed by atoms with Gasteiger partial charge in [0, 0.05) is 18.0 Å². The van der Waals surface area contributed by atoms with E-state index in [-0.39, 0.29) is 12.1 Å². The van der Waals surface area contributed by atoms with Crippen molar-refractivity contribution in [2.75, 3.05) is 6.54 Å². The van der Waals surface area contributed by atoms with Crippen LogP contribution in [0.25, 0.3) is 0 Å². The molecule has 1 aliphatic rings. The molecule has 2 rings (SSSR count). The van der Waals surface area contributed by atoms with E-state index < -0.39 is 22.9 Å². The van der Waals surface area contributed by atoms with E-state index in [9.17, 15) is 13.2 Å². The molecule has 4 heteroatoms. The Hall–Kier alpha value is -1.03. The zero-order valence-electron chi connectivity index (χ0n) is 9.61. The molecule has 0 saturated heterocycles. The summed E-state index contributed by atoms with van der Waals surface area (Å²) >= 11 is 0. The number of rotatable bonds is 2. The van der Waals surface area contributed by atoms with Gasteiger partial charge >= 0.3 is 0 Å². The van der Waals surface area contributed by atoms with Gasteiger partial charge in [-0.15, -0.1) is 0 Å². The number of hydrogen-bond donors (Lipinski definition) is 1. The van der Waals surface area contributed by atoms with E-state index >= 15 is 0 Å². The van der Waals surface area contributed by atoms with E-state index in [1.807, 2.05) is 0 Å². The first-order chi connectivity index (χ1) is 8.09. The van der Waals surface area contributed by atoms with Gasteiger partial charge in [0.25, 0.3) is 0 Å². The molecule has 1 nitrogen and oxygen atoms in total. The summed E-state index contributed by atoms with van der Waals surface area (Å²) < 4.78 is 39.9. The van der Waals surface area contributed by atoms with E-state index in [1.54, 1.807) is 0 Å². The molecule has 0 atom stereocenters. The fourth-order valence-corrected chi connectivity index (χ4v) is 2.74. The lowest BCUT2D eigenvalue weighted by molar-refractivity contribution is 0.289. The maximum Gasteiger partial charge on any atom is 0.161 e. The van der Waals surface area contributed by atoms with Crippen molar-refractivity contribution in [3.05, 3.63) is 35.1 Å². The number of hydrogen-bond acceptors (Lipinski definition) is 1. The average molecular weight is 243 g/mol. The number of halogens is 3. The summed E-state index contributed by atoms with van der Waals surface area (Å²) in [5.41, 5.74) is 5.46. The Kier molecular flexibility index (Phi) is 3.43. The highest BCUT2D eigenvalue weighted by Crippen LogP contribution is 2.40. The summed E-state index contributed by atoms with van der Waals surface area (Å²) in [6.07, 6.45) is 4.48. The molecule has 1 aliphatic carbocycles. The summed E-state index contributed by atoms with van der Waals surface area (Å²) in [5.74, 6) is -2.83. The Morgan fingerprint density at radius 3 is 2.12 bits per heavy atom. The van der Waals surface area contributed by atoms with E-state index in [4.69, 9.17) is 5.73 Å². The first kappa shape index (κ1) is 12.4. The van der Waals surface area contributed by atoms with E-state index in [1.165, 1.54) is 0 Å². The summed E-state index contributed by atoms with van der Waals surface area (Å²) in [5, 5.41) is 0. The van der Waals surface area contributed by atoms with Crippen LogP contribution in [0.5, 0.6) is 0 Å². The second-order valence-corrected chi connectivity index (χ2v) is 4.79. The summed E-state index contributed by atoms with van der Waals surface area (Å²) in [7, 11) is 0. The van der Waals surface area contributed by atoms with Crippen molar-refractivity contribution >= 4 is 0 Å². The SMILES string of the molecule is NCC1(c2cc(F)c(F)cc2F)CCCCC1. The fourth-order valence-electron chi connectivity index (χ4n) is 2.74. The molecule has 0 aliphatic heterocycles. The fraction of sp³-hybridized carbons (Fsp3) is 0.538. The predicted octanol–water partition coefficient (Wildman–Crippen LogP) is 3.26. The lowest BCUT2D eigenvalue weighted by Gasteiger charge is -2.37. The third-order valence-corrected chi connectivity index (χ3v) is 3.78. The molecule has 1 fully saturated rings. The highest BCUT2D eigenvalue weighted by atomic mass is 19.2. The molecule has 0 unspecified atom stereocenters. The van der Waals surface area contributed by atoms with Gasteiger partial charge in [0.15, 0.2) is 11.6 Å².